The molecule has 0 radical (unpaired) electrons. The van der Waals surface area contributed by atoms with Gasteiger partial charge in [-0.1, -0.05) is 0 Å². The second kappa shape index (κ2) is 7.36. The van der Waals surface area contributed by atoms with Crippen molar-refractivity contribution in [1.29, 1.82) is 0 Å². The smallest absolute Gasteiger partial charge is 0.226 e. The molecule has 0 aromatic rings. The van der Waals surface area contributed by atoms with Crippen LogP contribution in [0.1, 0.15) is 27.2 Å². The molecule has 0 bridgehead atoms. The van der Waals surface area contributed by atoms with Crippen molar-refractivity contribution in [1.82, 2.24) is 0 Å². The maximum absolute atomic E-state index is 5.95. The maximum atomic E-state index is 5.95. The van der Waals surface area contributed by atoms with Gasteiger partial charge < -0.3 is 14.2 Å². The molecule has 0 rings (SSSR count). The molecule has 14 heavy (non-hydrogen) atoms. The van der Waals surface area contributed by atoms with E-state index < -0.39 is 5.91 Å². The zero-order chi connectivity index (χ0) is 11.0. The van der Waals surface area contributed by atoms with E-state index in [4.69, 9.17) is 19.9 Å². The third-order valence-electron chi connectivity index (χ3n) is 1.80. The predicted octanol–water partition coefficient (Wildman–Crippen LogP) is -0.210. The van der Waals surface area contributed by atoms with Gasteiger partial charge in [0.25, 0.3) is 0 Å². The second-order valence-electron chi connectivity index (χ2n) is 3.15. The van der Waals surface area contributed by atoms with E-state index in [-0.39, 0.29) is 5.73 Å². The average molecular weight is 221 g/mol. The van der Waals surface area contributed by atoms with Crippen LogP contribution in [0.3, 0.4) is 0 Å². The highest BCUT2D eigenvalue weighted by molar-refractivity contribution is 6.11. The normalized spacial score (nSPS) is 14.6. The SMILES string of the molecule is CCOC([SiH3])CC(N)(OCC)OCC. The van der Waals surface area contributed by atoms with E-state index in [1.165, 1.54) is 0 Å². The highest BCUT2D eigenvalue weighted by Gasteiger charge is 2.28. The highest BCUT2D eigenvalue weighted by Crippen LogP contribution is 2.14. The summed E-state index contributed by atoms with van der Waals surface area (Å²) in [5, 5.41) is 0. The van der Waals surface area contributed by atoms with E-state index in [1.807, 2.05) is 20.8 Å². The Morgan fingerprint density at radius 1 is 1.14 bits per heavy atom. The van der Waals surface area contributed by atoms with Crippen molar-refractivity contribution in [2.24, 2.45) is 5.73 Å². The second-order valence-corrected chi connectivity index (χ2v) is 4.44. The minimum absolute atomic E-state index is 0.183. The minimum Gasteiger partial charge on any atom is -0.383 e. The Labute approximate surface area is 89.5 Å². The number of nitrogens with two attached hydrogens (primary N) is 1. The molecule has 0 aliphatic carbocycles. The van der Waals surface area contributed by atoms with Crippen LogP contribution in [-0.2, 0) is 14.2 Å². The van der Waals surface area contributed by atoms with Crippen molar-refractivity contribution in [3.05, 3.63) is 0 Å². The molecule has 0 spiro atoms. The molecule has 0 amide bonds. The Morgan fingerprint density at radius 3 is 2.00 bits per heavy atom. The lowest BCUT2D eigenvalue weighted by Gasteiger charge is -2.31. The van der Waals surface area contributed by atoms with Crippen LogP contribution >= 0.6 is 0 Å². The number of rotatable bonds is 8. The van der Waals surface area contributed by atoms with E-state index in [0.29, 0.717) is 26.2 Å². The van der Waals surface area contributed by atoms with Crippen LogP contribution in [0.4, 0.5) is 0 Å². The Bertz CT molecular complexity index is 140. The van der Waals surface area contributed by atoms with Gasteiger partial charge in [-0.15, -0.1) is 0 Å². The van der Waals surface area contributed by atoms with Crippen molar-refractivity contribution in [2.75, 3.05) is 19.8 Å². The summed E-state index contributed by atoms with van der Waals surface area (Å²) in [6.45, 7) is 7.60. The molecule has 86 valence electrons. The highest BCUT2D eigenvalue weighted by atomic mass is 28.1. The van der Waals surface area contributed by atoms with Crippen LogP contribution in [-0.4, -0.2) is 41.7 Å². The first-order valence-corrected chi connectivity index (χ1v) is 6.41. The van der Waals surface area contributed by atoms with Gasteiger partial charge >= 0.3 is 0 Å². The first kappa shape index (κ1) is 14.1. The Balaban J connectivity index is 4.05. The van der Waals surface area contributed by atoms with Gasteiger partial charge in [-0.05, 0) is 20.8 Å². The fourth-order valence-corrected chi connectivity index (χ4v) is 2.29. The molecule has 4 nitrogen and oxygen atoms in total. The minimum atomic E-state index is -0.967. The Morgan fingerprint density at radius 2 is 1.64 bits per heavy atom. The molecule has 0 fully saturated rings. The number of hydrogen-bond donors (Lipinski definition) is 1. The maximum Gasteiger partial charge on any atom is 0.226 e. The van der Waals surface area contributed by atoms with Gasteiger partial charge in [0, 0.05) is 42.2 Å². The summed E-state index contributed by atoms with van der Waals surface area (Å²) in [5.74, 6) is -0.967. The molecule has 0 aliphatic heterocycles. The fourth-order valence-electron chi connectivity index (χ4n) is 1.39. The lowest BCUT2D eigenvalue weighted by Crippen LogP contribution is -2.48. The van der Waals surface area contributed by atoms with Crippen LogP contribution in [0.5, 0.6) is 0 Å². The quantitative estimate of drug-likeness (QED) is 0.455. The van der Waals surface area contributed by atoms with E-state index in [9.17, 15) is 0 Å². The summed E-state index contributed by atoms with van der Waals surface area (Å²) < 4.78 is 16.2. The zero-order valence-electron chi connectivity index (χ0n) is 9.71. The Kier molecular flexibility index (Phi) is 7.39. The third kappa shape index (κ3) is 5.72. The summed E-state index contributed by atoms with van der Waals surface area (Å²) in [6, 6.07) is 0. The van der Waals surface area contributed by atoms with E-state index in [0.717, 1.165) is 10.2 Å². The summed E-state index contributed by atoms with van der Waals surface area (Å²) in [6.07, 6.45) is 0.606. The average Bonchev–Trinajstić information content (AvgIpc) is 2.04. The first-order chi connectivity index (χ1) is 6.58. The van der Waals surface area contributed by atoms with Crippen molar-refractivity contribution in [2.45, 2.75) is 38.8 Å². The van der Waals surface area contributed by atoms with Gasteiger partial charge in [-0.25, -0.2) is 0 Å². The van der Waals surface area contributed by atoms with Crippen molar-refractivity contribution in [3.63, 3.8) is 0 Å². The molecule has 0 heterocycles. The number of ether oxygens (including phenoxy) is 3. The summed E-state index contributed by atoms with van der Waals surface area (Å²) >= 11 is 0. The van der Waals surface area contributed by atoms with E-state index in [1.54, 1.807) is 0 Å². The fraction of sp³-hybridized carbons (Fsp3) is 1.00. The van der Waals surface area contributed by atoms with Gasteiger partial charge in [0.05, 0.1) is 0 Å². The van der Waals surface area contributed by atoms with Gasteiger partial charge in [-0.3, -0.25) is 5.73 Å². The topological polar surface area (TPSA) is 53.7 Å². The van der Waals surface area contributed by atoms with Crippen LogP contribution in [0.25, 0.3) is 0 Å². The van der Waals surface area contributed by atoms with Gasteiger partial charge in [0.15, 0.2) is 0 Å². The third-order valence-corrected chi connectivity index (χ3v) is 2.54. The van der Waals surface area contributed by atoms with Gasteiger partial charge in [0.2, 0.25) is 5.91 Å². The first-order valence-electron chi connectivity index (χ1n) is 5.26. The molecule has 0 aliphatic rings. The zero-order valence-corrected chi connectivity index (χ0v) is 11.7. The van der Waals surface area contributed by atoms with Crippen LogP contribution in [0.15, 0.2) is 0 Å². The Hall–Kier alpha value is 0.0569. The predicted molar refractivity (Wildman–Crippen MR) is 60.1 cm³/mol. The summed E-state index contributed by atoms with van der Waals surface area (Å²) in [7, 11) is 0.932. The van der Waals surface area contributed by atoms with Gasteiger partial charge in [-0.2, -0.15) is 0 Å². The standard InChI is InChI=1S/C9H23NO3Si/c1-4-11-8(14)7-9(10,12-5-2)13-6-3/h8H,4-7,10H2,1-3,14H3. The van der Waals surface area contributed by atoms with Crippen LogP contribution in [0.2, 0.25) is 0 Å². The van der Waals surface area contributed by atoms with Crippen molar-refractivity contribution >= 4 is 10.2 Å². The molecular weight excluding hydrogens is 198 g/mol. The molecule has 1 atom stereocenters. The molecule has 0 aromatic heterocycles. The molecule has 0 saturated heterocycles. The van der Waals surface area contributed by atoms with Gasteiger partial charge in [0.1, 0.15) is 0 Å². The van der Waals surface area contributed by atoms with Crippen LogP contribution < -0.4 is 5.73 Å². The summed E-state index contributed by atoms with van der Waals surface area (Å²) in [5.41, 5.74) is 6.13. The lowest BCUT2D eigenvalue weighted by molar-refractivity contribution is -0.240. The van der Waals surface area contributed by atoms with E-state index in [2.05, 4.69) is 0 Å². The molecular formula is C9H23NO3Si. The molecule has 0 aromatic carbocycles. The lowest BCUT2D eigenvalue weighted by atomic mass is 10.3. The van der Waals surface area contributed by atoms with Crippen LogP contribution in [0, 0.1) is 0 Å². The molecule has 5 heteroatoms. The molecule has 2 N–H and O–H groups in total. The summed E-state index contributed by atoms with van der Waals surface area (Å²) in [4.78, 5) is 0. The largest absolute Gasteiger partial charge is 0.383 e. The molecule has 0 saturated carbocycles. The van der Waals surface area contributed by atoms with E-state index >= 15 is 0 Å². The van der Waals surface area contributed by atoms with Crippen molar-refractivity contribution < 1.29 is 14.2 Å². The van der Waals surface area contributed by atoms with Crippen molar-refractivity contribution in [3.8, 4) is 0 Å². The monoisotopic (exact) mass is 221 g/mol. The molecule has 1 unspecified atom stereocenters. The number of hydrogen-bond acceptors (Lipinski definition) is 4.